The maximum atomic E-state index is 5.75. The maximum absolute atomic E-state index is 5.75. The summed E-state index contributed by atoms with van der Waals surface area (Å²) in [6.45, 7) is 0.636. The van der Waals surface area contributed by atoms with E-state index in [1.165, 1.54) is 25.7 Å². The molecule has 3 rings (SSSR count). The third-order valence-electron chi connectivity index (χ3n) is 3.96. The van der Waals surface area contributed by atoms with Crippen LogP contribution in [-0.4, -0.2) is 21.9 Å². The Balaban J connectivity index is 1.50. The molecule has 0 atom stereocenters. The molecule has 0 aliphatic heterocycles. The van der Waals surface area contributed by atoms with Gasteiger partial charge in [-0.3, -0.25) is 4.68 Å². The number of hydrogen-bond donors (Lipinski definition) is 1. The van der Waals surface area contributed by atoms with E-state index in [2.05, 4.69) is 22.0 Å². The van der Waals surface area contributed by atoms with Gasteiger partial charge in [-0.2, -0.15) is 5.10 Å². The first kappa shape index (κ1) is 11.2. The van der Waals surface area contributed by atoms with Crippen molar-refractivity contribution in [1.29, 1.82) is 0 Å². The van der Waals surface area contributed by atoms with Crippen molar-refractivity contribution in [1.82, 2.24) is 9.78 Å². The summed E-state index contributed by atoms with van der Waals surface area (Å²) >= 11 is 0. The van der Waals surface area contributed by atoms with Crippen LogP contribution in [0.4, 0.5) is 0 Å². The van der Waals surface area contributed by atoms with E-state index in [1.54, 1.807) is 0 Å². The van der Waals surface area contributed by atoms with Crippen molar-refractivity contribution in [3.05, 3.63) is 18.0 Å². The molecule has 0 amide bonds. The van der Waals surface area contributed by atoms with Crippen molar-refractivity contribution in [2.75, 3.05) is 0 Å². The van der Waals surface area contributed by atoms with Gasteiger partial charge >= 0.3 is 0 Å². The second-order valence-corrected chi connectivity index (χ2v) is 5.39. The van der Waals surface area contributed by atoms with Gasteiger partial charge in [-0.1, -0.05) is 12.8 Å². The molecule has 1 heterocycles. The molecule has 4 heteroatoms. The fourth-order valence-corrected chi connectivity index (χ4v) is 2.77. The number of aromatic nitrogens is 2. The van der Waals surface area contributed by atoms with E-state index in [1.807, 2.05) is 0 Å². The Morgan fingerprint density at radius 2 is 2.12 bits per heavy atom. The van der Waals surface area contributed by atoms with Gasteiger partial charge in [0.05, 0.1) is 24.4 Å². The lowest BCUT2D eigenvalue weighted by molar-refractivity contribution is -0.0204. The highest BCUT2D eigenvalue weighted by molar-refractivity contribution is 4.99. The van der Waals surface area contributed by atoms with Crippen LogP contribution in [0.1, 0.15) is 50.3 Å². The normalized spacial score (nSPS) is 29.5. The highest BCUT2D eigenvalue weighted by atomic mass is 16.5. The number of nitrogens with zero attached hydrogens (tertiary/aromatic N) is 2. The summed E-state index contributed by atoms with van der Waals surface area (Å²) < 4.78 is 7.88. The van der Waals surface area contributed by atoms with Gasteiger partial charge in [0.25, 0.3) is 0 Å². The number of nitrogens with two attached hydrogens (primary N) is 1. The van der Waals surface area contributed by atoms with Crippen molar-refractivity contribution in [3.8, 4) is 0 Å². The third kappa shape index (κ3) is 2.53. The molecule has 17 heavy (non-hydrogen) atoms. The van der Waals surface area contributed by atoms with Gasteiger partial charge < -0.3 is 10.5 Å². The summed E-state index contributed by atoms with van der Waals surface area (Å²) in [5.41, 5.74) is 6.78. The summed E-state index contributed by atoms with van der Waals surface area (Å²) in [5.74, 6) is 0. The quantitative estimate of drug-likeness (QED) is 0.868. The molecule has 0 bridgehead atoms. The molecule has 2 N–H and O–H groups in total. The monoisotopic (exact) mass is 235 g/mol. The number of rotatable bonds is 4. The van der Waals surface area contributed by atoms with Crippen molar-refractivity contribution >= 4 is 0 Å². The fourth-order valence-electron chi connectivity index (χ4n) is 2.77. The van der Waals surface area contributed by atoms with Gasteiger partial charge in [0.2, 0.25) is 0 Å². The minimum atomic E-state index is 0.357. The molecule has 2 aliphatic rings. The number of hydrogen-bond acceptors (Lipinski definition) is 3. The van der Waals surface area contributed by atoms with Crippen LogP contribution in [0.3, 0.4) is 0 Å². The second-order valence-electron chi connectivity index (χ2n) is 5.39. The largest absolute Gasteiger partial charge is 0.372 e. The number of ether oxygens (including phenoxy) is 1. The third-order valence-corrected chi connectivity index (χ3v) is 3.96. The molecular weight excluding hydrogens is 214 g/mol. The Morgan fingerprint density at radius 3 is 2.82 bits per heavy atom. The van der Waals surface area contributed by atoms with Crippen molar-refractivity contribution in [3.63, 3.8) is 0 Å². The Labute approximate surface area is 102 Å². The SMILES string of the molecule is NC1CC(OCc2ccn(C3CCCC3)n2)C1. The molecule has 1 aromatic heterocycles. The molecule has 0 saturated heterocycles. The van der Waals surface area contributed by atoms with E-state index in [9.17, 15) is 0 Å². The van der Waals surface area contributed by atoms with Crippen LogP contribution < -0.4 is 5.73 Å². The van der Waals surface area contributed by atoms with E-state index < -0.39 is 0 Å². The standard InChI is InChI=1S/C13H21N3O/c14-10-7-13(8-10)17-9-11-5-6-16(15-11)12-3-1-2-4-12/h5-6,10,12-13H,1-4,7-9,14H2. The lowest BCUT2D eigenvalue weighted by Crippen LogP contribution is -2.41. The van der Waals surface area contributed by atoms with E-state index in [0.717, 1.165) is 18.5 Å². The van der Waals surface area contributed by atoms with Crippen LogP contribution in [-0.2, 0) is 11.3 Å². The van der Waals surface area contributed by atoms with Crippen molar-refractivity contribution < 1.29 is 4.74 Å². The van der Waals surface area contributed by atoms with Crippen LogP contribution in [0, 0.1) is 0 Å². The lowest BCUT2D eigenvalue weighted by Gasteiger charge is -2.31. The van der Waals surface area contributed by atoms with E-state index in [0.29, 0.717) is 24.8 Å². The first-order chi connectivity index (χ1) is 8.31. The molecule has 0 aromatic carbocycles. The topological polar surface area (TPSA) is 53.1 Å². The summed E-state index contributed by atoms with van der Waals surface area (Å²) in [7, 11) is 0. The van der Waals surface area contributed by atoms with Crippen LogP contribution in [0.25, 0.3) is 0 Å². The molecule has 0 spiro atoms. The van der Waals surface area contributed by atoms with E-state index in [4.69, 9.17) is 10.5 Å². The Morgan fingerprint density at radius 1 is 1.35 bits per heavy atom. The summed E-state index contributed by atoms with van der Waals surface area (Å²) in [5, 5.41) is 4.60. The molecule has 0 radical (unpaired) electrons. The zero-order valence-corrected chi connectivity index (χ0v) is 10.2. The molecule has 0 unspecified atom stereocenters. The van der Waals surface area contributed by atoms with Crippen LogP contribution >= 0.6 is 0 Å². The molecule has 94 valence electrons. The minimum absolute atomic E-state index is 0.357. The smallest absolute Gasteiger partial charge is 0.0910 e. The van der Waals surface area contributed by atoms with Gasteiger partial charge in [-0.15, -0.1) is 0 Å². The second kappa shape index (κ2) is 4.78. The predicted molar refractivity (Wildman–Crippen MR) is 65.5 cm³/mol. The summed E-state index contributed by atoms with van der Waals surface area (Å²) in [6, 6.07) is 3.06. The van der Waals surface area contributed by atoms with Gasteiger partial charge in [-0.25, -0.2) is 0 Å². The zero-order chi connectivity index (χ0) is 11.7. The van der Waals surface area contributed by atoms with Gasteiger partial charge in [0.1, 0.15) is 0 Å². The lowest BCUT2D eigenvalue weighted by atomic mass is 9.90. The Bertz CT molecular complexity index is 364. The van der Waals surface area contributed by atoms with Gasteiger partial charge in [0, 0.05) is 12.2 Å². The van der Waals surface area contributed by atoms with Crippen LogP contribution in [0.5, 0.6) is 0 Å². The van der Waals surface area contributed by atoms with E-state index >= 15 is 0 Å². The van der Waals surface area contributed by atoms with Crippen molar-refractivity contribution in [2.45, 2.75) is 63.3 Å². The fraction of sp³-hybridized carbons (Fsp3) is 0.769. The first-order valence-corrected chi connectivity index (χ1v) is 6.72. The zero-order valence-electron chi connectivity index (χ0n) is 10.2. The van der Waals surface area contributed by atoms with Gasteiger partial charge in [0.15, 0.2) is 0 Å². The van der Waals surface area contributed by atoms with Crippen LogP contribution in [0.15, 0.2) is 12.3 Å². The minimum Gasteiger partial charge on any atom is -0.372 e. The molecule has 4 nitrogen and oxygen atoms in total. The maximum Gasteiger partial charge on any atom is 0.0910 e. The van der Waals surface area contributed by atoms with Crippen molar-refractivity contribution in [2.24, 2.45) is 5.73 Å². The molecule has 2 fully saturated rings. The van der Waals surface area contributed by atoms with Crippen LogP contribution in [0.2, 0.25) is 0 Å². The Kier molecular flexibility index (Phi) is 3.16. The Hall–Kier alpha value is -0.870. The van der Waals surface area contributed by atoms with Gasteiger partial charge in [-0.05, 0) is 31.7 Å². The highest BCUT2D eigenvalue weighted by Gasteiger charge is 2.26. The predicted octanol–water partition coefficient (Wildman–Crippen LogP) is 2.00. The van der Waals surface area contributed by atoms with E-state index in [-0.39, 0.29) is 0 Å². The highest BCUT2D eigenvalue weighted by Crippen LogP contribution is 2.29. The molecule has 2 aliphatic carbocycles. The average Bonchev–Trinajstić information content (AvgIpc) is 2.92. The molecule has 1 aromatic rings. The summed E-state index contributed by atoms with van der Waals surface area (Å²) in [4.78, 5) is 0. The molecule has 2 saturated carbocycles. The first-order valence-electron chi connectivity index (χ1n) is 6.72. The molecular formula is C13H21N3O. The average molecular weight is 235 g/mol. The summed E-state index contributed by atoms with van der Waals surface area (Å²) in [6.07, 6.45) is 9.71.